The quantitative estimate of drug-likeness (QED) is 0.809. The number of urea groups is 1. The Bertz CT molecular complexity index is 986. The Hall–Kier alpha value is -2.29. The number of rotatable bonds is 2. The smallest absolute Gasteiger partial charge is 0.326 e. The summed E-state index contributed by atoms with van der Waals surface area (Å²) in [5, 5.41) is 2.83. The molecule has 26 heavy (non-hydrogen) atoms. The van der Waals surface area contributed by atoms with Crippen LogP contribution in [-0.2, 0) is 9.84 Å². The monoisotopic (exact) mass is 378 g/mol. The van der Waals surface area contributed by atoms with Gasteiger partial charge in [0.2, 0.25) is 0 Å². The van der Waals surface area contributed by atoms with E-state index in [1.165, 1.54) is 0 Å². The summed E-state index contributed by atoms with van der Waals surface area (Å²) in [5.74, 6) is 0.170. The molecule has 1 atom stereocenters. The number of sulfone groups is 1. The molecule has 2 aromatic rings. The molecule has 2 aliphatic rings. The molecule has 9 heteroatoms. The molecule has 3 heterocycles. The van der Waals surface area contributed by atoms with Gasteiger partial charge in [0.05, 0.1) is 22.5 Å². The third kappa shape index (κ3) is 3.23. The summed E-state index contributed by atoms with van der Waals surface area (Å²) in [7, 11) is -3.01. The lowest BCUT2D eigenvalue weighted by Gasteiger charge is -2.33. The highest BCUT2D eigenvalue weighted by Crippen LogP contribution is 2.25. The number of nitrogens with one attached hydrogen (secondary N) is 2. The second-order valence-electron chi connectivity index (χ2n) is 7.08. The van der Waals surface area contributed by atoms with Gasteiger partial charge in [-0.05, 0) is 31.4 Å². The van der Waals surface area contributed by atoms with E-state index in [1.807, 2.05) is 24.3 Å². The molecule has 0 unspecified atom stereocenters. The fourth-order valence-corrected chi connectivity index (χ4v) is 5.61. The lowest BCUT2D eigenvalue weighted by Crippen LogP contribution is -2.48. The summed E-state index contributed by atoms with van der Waals surface area (Å²) in [6, 6.07) is 7.15. The largest absolute Gasteiger partial charge is 0.334 e. The molecule has 0 aliphatic carbocycles. The van der Waals surface area contributed by atoms with E-state index in [0.29, 0.717) is 32.4 Å². The minimum absolute atomic E-state index is 0.0277. The number of imidazole rings is 1. The van der Waals surface area contributed by atoms with Gasteiger partial charge in [0.1, 0.15) is 0 Å². The molecule has 2 amide bonds. The molecule has 140 valence electrons. The van der Waals surface area contributed by atoms with Crippen LogP contribution in [0.25, 0.3) is 11.0 Å². The Morgan fingerprint density at radius 3 is 2.58 bits per heavy atom. The van der Waals surface area contributed by atoms with Crippen molar-refractivity contribution in [3.05, 3.63) is 34.7 Å². The summed E-state index contributed by atoms with van der Waals surface area (Å²) in [6.07, 6.45) is 1.87. The molecule has 0 radical (unpaired) electrons. The number of carbonyl (C=O) groups excluding carboxylic acids is 1. The van der Waals surface area contributed by atoms with Crippen LogP contribution in [-0.4, -0.2) is 59.5 Å². The number of hydrogen-bond donors (Lipinski definition) is 2. The highest BCUT2D eigenvalue weighted by Gasteiger charge is 2.31. The van der Waals surface area contributed by atoms with Crippen molar-refractivity contribution in [2.45, 2.75) is 31.3 Å². The van der Waals surface area contributed by atoms with E-state index >= 15 is 0 Å². The average molecular weight is 378 g/mol. The molecule has 8 nitrogen and oxygen atoms in total. The third-order valence-electron chi connectivity index (χ3n) is 5.30. The predicted octanol–water partition coefficient (Wildman–Crippen LogP) is 0.863. The van der Waals surface area contributed by atoms with Gasteiger partial charge in [-0.25, -0.2) is 18.0 Å². The van der Waals surface area contributed by atoms with Gasteiger partial charge in [-0.2, -0.15) is 0 Å². The lowest BCUT2D eigenvalue weighted by atomic mass is 10.0. The number of aromatic nitrogens is 2. The predicted molar refractivity (Wildman–Crippen MR) is 98.0 cm³/mol. The minimum atomic E-state index is -3.01. The van der Waals surface area contributed by atoms with Crippen LogP contribution in [0.4, 0.5) is 4.79 Å². The molecule has 1 aromatic heterocycles. The summed E-state index contributed by atoms with van der Waals surface area (Å²) in [4.78, 5) is 29.3. The van der Waals surface area contributed by atoms with Crippen molar-refractivity contribution in [1.82, 2.24) is 19.8 Å². The first-order valence-electron chi connectivity index (χ1n) is 8.88. The Morgan fingerprint density at radius 1 is 1.15 bits per heavy atom. The Balaban J connectivity index is 1.40. The van der Waals surface area contributed by atoms with Crippen molar-refractivity contribution in [1.29, 1.82) is 0 Å². The fourth-order valence-electron chi connectivity index (χ4n) is 3.94. The molecule has 1 aromatic carbocycles. The SMILES string of the molecule is O=C(N[C@H]1CCS(=O)(=O)C1)N1CCC(n2c(=O)[nH]c3ccccc32)CC1. The summed E-state index contributed by atoms with van der Waals surface area (Å²) >= 11 is 0. The lowest BCUT2D eigenvalue weighted by molar-refractivity contribution is 0.169. The van der Waals surface area contributed by atoms with Crippen molar-refractivity contribution in [2.75, 3.05) is 24.6 Å². The molecule has 4 rings (SSSR count). The zero-order valence-corrected chi connectivity index (χ0v) is 15.2. The maximum Gasteiger partial charge on any atom is 0.326 e. The molecule has 2 aliphatic heterocycles. The van der Waals surface area contributed by atoms with E-state index in [9.17, 15) is 18.0 Å². The normalized spacial score (nSPS) is 23.4. The number of piperidine rings is 1. The Labute approximate surface area is 151 Å². The van der Waals surface area contributed by atoms with Crippen LogP contribution in [0, 0.1) is 0 Å². The highest BCUT2D eigenvalue weighted by molar-refractivity contribution is 7.91. The van der Waals surface area contributed by atoms with Crippen molar-refractivity contribution < 1.29 is 13.2 Å². The van der Waals surface area contributed by atoms with E-state index in [0.717, 1.165) is 11.0 Å². The number of benzene rings is 1. The number of nitrogens with zero attached hydrogens (tertiary/aromatic N) is 2. The first-order chi connectivity index (χ1) is 12.4. The number of H-pyrrole nitrogens is 1. The molecule has 0 saturated carbocycles. The second kappa shape index (κ2) is 6.46. The summed E-state index contributed by atoms with van der Waals surface area (Å²) in [6.45, 7) is 1.09. The molecular formula is C17H22N4O4S. The van der Waals surface area contributed by atoms with Gasteiger partial charge in [0.25, 0.3) is 0 Å². The van der Waals surface area contributed by atoms with Gasteiger partial charge >= 0.3 is 11.7 Å². The van der Waals surface area contributed by atoms with Crippen LogP contribution in [0.5, 0.6) is 0 Å². The average Bonchev–Trinajstić information content (AvgIpc) is 3.13. The van der Waals surface area contributed by atoms with Gasteiger partial charge < -0.3 is 15.2 Å². The zero-order valence-electron chi connectivity index (χ0n) is 14.3. The van der Waals surface area contributed by atoms with Gasteiger partial charge in [-0.3, -0.25) is 4.57 Å². The Kier molecular flexibility index (Phi) is 4.26. The first-order valence-corrected chi connectivity index (χ1v) is 10.7. The van der Waals surface area contributed by atoms with Crippen LogP contribution < -0.4 is 11.0 Å². The van der Waals surface area contributed by atoms with Gasteiger partial charge in [0.15, 0.2) is 9.84 Å². The first kappa shape index (κ1) is 17.1. The third-order valence-corrected chi connectivity index (χ3v) is 7.07. The molecule has 2 fully saturated rings. The van der Waals surface area contributed by atoms with Crippen LogP contribution >= 0.6 is 0 Å². The summed E-state index contributed by atoms with van der Waals surface area (Å²) in [5.41, 5.74) is 1.59. The number of fused-ring (bicyclic) bond motifs is 1. The number of amides is 2. The standard InChI is InChI=1S/C17H22N4O4S/c22-16(18-12-7-10-26(24,25)11-12)20-8-5-13(6-9-20)21-15-4-2-1-3-14(15)19-17(21)23/h1-4,12-13H,5-11H2,(H,18,22)(H,19,23)/t12-/m0/s1. The minimum Gasteiger partial charge on any atom is -0.334 e. The number of para-hydroxylation sites is 2. The van der Waals surface area contributed by atoms with Gasteiger partial charge in [-0.1, -0.05) is 12.1 Å². The van der Waals surface area contributed by atoms with E-state index in [4.69, 9.17) is 0 Å². The van der Waals surface area contributed by atoms with Crippen LogP contribution in [0.15, 0.2) is 29.1 Å². The Morgan fingerprint density at radius 2 is 1.88 bits per heavy atom. The summed E-state index contributed by atoms with van der Waals surface area (Å²) < 4.78 is 24.8. The zero-order chi connectivity index (χ0) is 18.3. The molecule has 0 spiro atoms. The number of likely N-dealkylation sites (tertiary alicyclic amines) is 1. The van der Waals surface area contributed by atoms with E-state index < -0.39 is 9.84 Å². The van der Waals surface area contributed by atoms with Crippen LogP contribution in [0.3, 0.4) is 0 Å². The van der Waals surface area contributed by atoms with Crippen LogP contribution in [0.1, 0.15) is 25.3 Å². The van der Waals surface area contributed by atoms with Crippen molar-refractivity contribution in [3.63, 3.8) is 0 Å². The molecule has 2 saturated heterocycles. The fraction of sp³-hybridized carbons (Fsp3) is 0.529. The highest BCUT2D eigenvalue weighted by atomic mass is 32.2. The molecule has 0 bridgehead atoms. The number of hydrogen-bond acceptors (Lipinski definition) is 4. The van der Waals surface area contributed by atoms with E-state index in [-0.39, 0.29) is 35.3 Å². The number of carbonyl (C=O) groups is 1. The van der Waals surface area contributed by atoms with Crippen LogP contribution in [0.2, 0.25) is 0 Å². The second-order valence-corrected chi connectivity index (χ2v) is 9.31. The topological polar surface area (TPSA) is 104 Å². The van der Waals surface area contributed by atoms with Crippen molar-refractivity contribution >= 4 is 26.9 Å². The van der Waals surface area contributed by atoms with E-state index in [2.05, 4.69) is 10.3 Å². The maximum atomic E-state index is 12.4. The van der Waals surface area contributed by atoms with Gasteiger partial charge in [-0.15, -0.1) is 0 Å². The van der Waals surface area contributed by atoms with Crippen molar-refractivity contribution in [3.8, 4) is 0 Å². The van der Waals surface area contributed by atoms with Gasteiger partial charge in [0, 0.05) is 25.2 Å². The van der Waals surface area contributed by atoms with Crippen molar-refractivity contribution in [2.24, 2.45) is 0 Å². The number of aromatic amines is 1. The molecular weight excluding hydrogens is 356 g/mol. The maximum absolute atomic E-state index is 12.4. The van der Waals surface area contributed by atoms with E-state index in [1.54, 1.807) is 9.47 Å². The molecule has 2 N–H and O–H groups in total.